The minimum atomic E-state index is -1.00. The van der Waals surface area contributed by atoms with Crippen molar-refractivity contribution in [2.45, 2.75) is 18.9 Å². The van der Waals surface area contributed by atoms with Gasteiger partial charge in [0.2, 0.25) is 0 Å². The molecule has 1 aromatic heterocycles. The smallest absolute Gasteiger partial charge is 0.407 e. The maximum atomic E-state index is 10.7. The van der Waals surface area contributed by atoms with Crippen LogP contribution in [0.25, 0.3) is 0 Å². The highest BCUT2D eigenvalue weighted by molar-refractivity contribution is 5.86. The van der Waals surface area contributed by atoms with Gasteiger partial charge in [0.25, 0.3) is 0 Å². The maximum absolute atomic E-state index is 10.7. The zero-order valence-corrected chi connectivity index (χ0v) is 9.11. The molecule has 1 amide bonds. The van der Waals surface area contributed by atoms with Crippen LogP contribution >= 0.6 is 0 Å². The highest BCUT2D eigenvalue weighted by Gasteiger charge is 2.24. The fourth-order valence-corrected chi connectivity index (χ4v) is 1.97. The van der Waals surface area contributed by atoms with Crippen LogP contribution in [0.2, 0.25) is 0 Å². The van der Waals surface area contributed by atoms with Gasteiger partial charge in [-0.3, -0.25) is 4.68 Å². The molecule has 2 rings (SSSR count). The van der Waals surface area contributed by atoms with E-state index < -0.39 is 12.1 Å². The fraction of sp³-hybridized carbons (Fsp3) is 0.500. The van der Waals surface area contributed by atoms with Crippen LogP contribution in [0.3, 0.4) is 0 Å². The van der Waals surface area contributed by atoms with Gasteiger partial charge in [0.1, 0.15) is 0 Å². The summed E-state index contributed by atoms with van der Waals surface area (Å²) < 4.78 is 1.61. The molecular formula is C10H13N3O4. The average Bonchev–Trinajstić information content (AvgIpc) is 2.78. The summed E-state index contributed by atoms with van der Waals surface area (Å²) in [5, 5.41) is 21.6. The lowest BCUT2D eigenvalue weighted by atomic mass is 10.1. The molecule has 17 heavy (non-hydrogen) atoms. The number of hydrogen-bond acceptors (Lipinski definition) is 3. The average molecular weight is 239 g/mol. The molecule has 7 heteroatoms. The third kappa shape index (κ3) is 2.38. The number of carboxylic acids is 1. The lowest BCUT2D eigenvalue weighted by molar-refractivity contribution is 0.0696. The number of piperidine rings is 1. The molecule has 0 aliphatic carbocycles. The minimum absolute atomic E-state index is 0.0821. The van der Waals surface area contributed by atoms with Gasteiger partial charge in [-0.2, -0.15) is 5.10 Å². The van der Waals surface area contributed by atoms with Gasteiger partial charge in [0.05, 0.1) is 17.8 Å². The molecule has 1 saturated heterocycles. The lowest BCUT2D eigenvalue weighted by Crippen LogP contribution is -2.38. The van der Waals surface area contributed by atoms with Gasteiger partial charge in [-0.15, -0.1) is 0 Å². The number of nitrogens with zero attached hydrogens (tertiary/aromatic N) is 3. The standard InChI is InChI=1S/C10H13N3O4/c14-9(15)7-5-11-13(6-7)8-1-3-12(4-2-8)10(16)17/h5-6,8H,1-4H2,(H,14,15)(H,16,17). The van der Waals surface area contributed by atoms with E-state index in [2.05, 4.69) is 5.10 Å². The van der Waals surface area contributed by atoms with Gasteiger partial charge in [-0.25, -0.2) is 9.59 Å². The van der Waals surface area contributed by atoms with E-state index in [-0.39, 0.29) is 11.6 Å². The number of aromatic carboxylic acids is 1. The summed E-state index contributed by atoms with van der Waals surface area (Å²) in [5.74, 6) is -1.00. The van der Waals surface area contributed by atoms with E-state index in [1.807, 2.05) is 0 Å². The number of aromatic nitrogens is 2. The topological polar surface area (TPSA) is 95.7 Å². The highest BCUT2D eigenvalue weighted by atomic mass is 16.4. The van der Waals surface area contributed by atoms with Crippen LogP contribution in [-0.4, -0.2) is 50.0 Å². The van der Waals surface area contributed by atoms with Crippen molar-refractivity contribution < 1.29 is 19.8 Å². The van der Waals surface area contributed by atoms with Crippen molar-refractivity contribution in [2.75, 3.05) is 13.1 Å². The van der Waals surface area contributed by atoms with Crippen LogP contribution in [0, 0.1) is 0 Å². The Morgan fingerprint density at radius 1 is 1.29 bits per heavy atom. The molecule has 2 heterocycles. The van der Waals surface area contributed by atoms with E-state index in [0.29, 0.717) is 25.9 Å². The molecular weight excluding hydrogens is 226 g/mol. The van der Waals surface area contributed by atoms with E-state index in [4.69, 9.17) is 10.2 Å². The second-order valence-electron chi connectivity index (χ2n) is 4.01. The number of hydrogen-bond donors (Lipinski definition) is 2. The molecule has 0 atom stereocenters. The summed E-state index contributed by atoms with van der Waals surface area (Å²) >= 11 is 0. The van der Waals surface area contributed by atoms with Crippen molar-refractivity contribution in [1.82, 2.24) is 14.7 Å². The lowest BCUT2D eigenvalue weighted by Gasteiger charge is -2.29. The third-order valence-electron chi connectivity index (χ3n) is 2.96. The Hall–Kier alpha value is -2.05. The summed E-state index contributed by atoms with van der Waals surface area (Å²) in [5.41, 5.74) is 0.158. The molecule has 1 aliphatic heterocycles. The van der Waals surface area contributed by atoms with Crippen molar-refractivity contribution in [3.05, 3.63) is 18.0 Å². The van der Waals surface area contributed by atoms with Crippen molar-refractivity contribution >= 4 is 12.1 Å². The number of carbonyl (C=O) groups is 2. The summed E-state index contributed by atoms with van der Waals surface area (Å²) in [4.78, 5) is 22.8. The van der Waals surface area contributed by atoms with Gasteiger partial charge in [0.15, 0.2) is 0 Å². The Bertz CT molecular complexity index is 435. The van der Waals surface area contributed by atoms with Crippen LogP contribution in [0.1, 0.15) is 29.2 Å². The number of carboxylic acid groups (broad SMARTS) is 2. The Morgan fingerprint density at radius 3 is 2.41 bits per heavy atom. The first-order valence-electron chi connectivity index (χ1n) is 5.33. The van der Waals surface area contributed by atoms with Crippen LogP contribution in [-0.2, 0) is 0 Å². The molecule has 0 unspecified atom stereocenters. The SMILES string of the molecule is O=C(O)c1cnn(C2CCN(C(=O)O)CC2)c1. The van der Waals surface area contributed by atoms with Crippen LogP contribution < -0.4 is 0 Å². The second kappa shape index (κ2) is 4.44. The van der Waals surface area contributed by atoms with Crippen LogP contribution in [0.4, 0.5) is 4.79 Å². The van der Waals surface area contributed by atoms with Crippen molar-refractivity contribution in [3.63, 3.8) is 0 Å². The van der Waals surface area contributed by atoms with E-state index in [9.17, 15) is 9.59 Å². The summed E-state index contributed by atoms with van der Waals surface area (Å²) in [6.07, 6.45) is 3.21. The summed E-state index contributed by atoms with van der Waals surface area (Å²) in [6, 6.07) is 0.0821. The summed E-state index contributed by atoms with van der Waals surface area (Å²) in [6.45, 7) is 0.921. The van der Waals surface area contributed by atoms with Gasteiger partial charge in [-0.05, 0) is 12.8 Å². The molecule has 92 valence electrons. The minimum Gasteiger partial charge on any atom is -0.478 e. The van der Waals surface area contributed by atoms with Crippen molar-refractivity contribution in [1.29, 1.82) is 0 Å². The fourth-order valence-electron chi connectivity index (χ4n) is 1.97. The normalized spacial score (nSPS) is 17.1. The molecule has 0 radical (unpaired) electrons. The number of likely N-dealkylation sites (tertiary alicyclic amines) is 1. The summed E-state index contributed by atoms with van der Waals surface area (Å²) in [7, 11) is 0. The van der Waals surface area contributed by atoms with Gasteiger partial charge < -0.3 is 15.1 Å². The van der Waals surface area contributed by atoms with Gasteiger partial charge >= 0.3 is 12.1 Å². The van der Waals surface area contributed by atoms with Crippen LogP contribution in [0.5, 0.6) is 0 Å². The first kappa shape index (κ1) is 11.4. The first-order valence-corrected chi connectivity index (χ1v) is 5.33. The molecule has 1 aliphatic rings. The Labute approximate surface area is 97.3 Å². The van der Waals surface area contributed by atoms with Crippen LogP contribution in [0.15, 0.2) is 12.4 Å². The van der Waals surface area contributed by atoms with Crippen molar-refractivity contribution in [3.8, 4) is 0 Å². The molecule has 7 nitrogen and oxygen atoms in total. The Morgan fingerprint density at radius 2 is 1.94 bits per heavy atom. The van der Waals surface area contributed by atoms with Gasteiger partial charge in [0, 0.05) is 19.3 Å². The van der Waals surface area contributed by atoms with Crippen molar-refractivity contribution in [2.24, 2.45) is 0 Å². The monoisotopic (exact) mass is 239 g/mol. The molecule has 0 spiro atoms. The van der Waals surface area contributed by atoms with Gasteiger partial charge in [-0.1, -0.05) is 0 Å². The number of rotatable bonds is 2. The molecule has 2 N–H and O–H groups in total. The molecule has 0 aromatic carbocycles. The molecule has 0 bridgehead atoms. The molecule has 0 saturated carbocycles. The van der Waals surface area contributed by atoms with E-state index in [1.54, 1.807) is 4.68 Å². The Kier molecular flexibility index (Phi) is 2.99. The highest BCUT2D eigenvalue weighted by Crippen LogP contribution is 2.22. The predicted molar refractivity (Wildman–Crippen MR) is 57.1 cm³/mol. The molecule has 1 fully saturated rings. The van der Waals surface area contributed by atoms with E-state index >= 15 is 0 Å². The first-order chi connectivity index (χ1) is 8.08. The predicted octanol–water partition coefficient (Wildman–Crippen LogP) is 0.896. The largest absolute Gasteiger partial charge is 0.478 e. The van der Waals surface area contributed by atoms with E-state index in [1.165, 1.54) is 17.3 Å². The third-order valence-corrected chi connectivity index (χ3v) is 2.96. The zero-order valence-electron chi connectivity index (χ0n) is 9.11. The molecule has 1 aromatic rings. The van der Waals surface area contributed by atoms with E-state index in [0.717, 1.165) is 0 Å². The Balaban J connectivity index is 2.00. The number of amides is 1. The second-order valence-corrected chi connectivity index (χ2v) is 4.01. The zero-order chi connectivity index (χ0) is 12.4. The maximum Gasteiger partial charge on any atom is 0.407 e. The quantitative estimate of drug-likeness (QED) is 0.799.